The quantitative estimate of drug-likeness (QED) is 0.712. The molecule has 0 radical (unpaired) electrons. The number of nitrogen functional groups attached to an aromatic ring is 1. The van der Waals surface area contributed by atoms with Crippen LogP contribution < -0.4 is 11.1 Å². The van der Waals surface area contributed by atoms with Crippen LogP contribution in [0.15, 0.2) is 48.7 Å². The van der Waals surface area contributed by atoms with E-state index in [1.807, 2.05) is 48.4 Å². The number of rotatable bonds is 3. The Labute approximate surface area is 152 Å². The number of nitrogens with two attached hydrogens (primary N) is 1. The second kappa shape index (κ2) is 6.63. The van der Waals surface area contributed by atoms with E-state index in [9.17, 15) is 4.79 Å². The van der Waals surface area contributed by atoms with Crippen molar-refractivity contribution in [1.82, 2.24) is 14.9 Å². The minimum absolute atomic E-state index is 0.0387. The number of nitrogens with zero attached hydrogens (tertiary/aromatic N) is 3. The molecule has 0 aliphatic carbocycles. The number of likely N-dealkylation sites (tertiary alicyclic amines) is 1. The highest BCUT2D eigenvalue weighted by Crippen LogP contribution is 2.20. The van der Waals surface area contributed by atoms with Crippen LogP contribution in [0.1, 0.15) is 22.3 Å². The first kappa shape index (κ1) is 16.3. The standard InChI is InChI=1S/C20H21N5O/c1-13-10-14(6-7-17(13)21)19(26)25-9-8-16(12-25)23-20-22-11-15-4-2-3-5-18(15)24-20/h2-7,10-11,16H,8-9,12,21H2,1H3,(H,22,23,24)/t16-/m0/s1. The Hall–Kier alpha value is -3.15. The molecule has 0 saturated carbocycles. The highest BCUT2D eigenvalue weighted by molar-refractivity contribution is 5.95. The van der Waals surface area contributed by atoms with Crippen LogP contribution in [0.3, 0.4) is 0 Å². The van der Waals surface area contributed by atoms with Crippen molar-refractivity contribution < 1.29 is 4.79 Å². The first-order valence-corrected chi connectivity index (χ1v) is 8.74. The van der Waals surface area contributed by atoms with Crippen molar-refractivity contribution in [1.29, 1.82) is 0 Å². The fourth-order valence-electron chi connectivity index (χ4n) is 3.28. The lowest BCUT2D eigenvalue weighted by molar-refractivity contribution is 0.0791. The van der Waals surface area contributed by atoms with Crippen molar-refractivity contribution in [3.8, 4) is 0 Å². The van der Waals surface area contributed by atoms with Crippen molar-refractivity contribution in [3.05, 3.63) is 59.8 Å². The smallest absolute Gasteiger partial charge is 0.253 e. The maximum atomic E-state index is 12.7. The monoisotopic (exact) mass is 347 g/mol. The maximum absolute atomic E-state index is 12.7. The molecule has 2 aromatic carbocycles. The first-order valence-electron chi connectivity index (χ1n) is 8.74. The summed E-state index contributed by atoms with van der Waals surface area (Å²) in [7, 11) is 0. The molecule has 1 amide bonds. The second-order valence-electron chi connectivity index (χ2n) is 6.70. The molecule has 1 aromatic heterocycles. The predicted molar refractivity (Wildman–Crippen MR) is 103 cm³/mol. The number of nitrogens with one attached hydrogen (secondary N) is 1. The van der Waals surface area contributed by atoms with Gasteiger partial charge in [0, 0.05) is 42.0 Å². The zero-order valence-electron chi connectivity index (χ0n) is 14.6. The van der Waals surface area contributed by atoms with Crippen LogP contribution in [0.4, 0.5) is 11.6 Å². The van der Waals surface area contributed by atoms with E-state index in [1.54, 1.807) is 12.1 Å². The van der Waals surface area contributed by atoms with Crippen LogP contribution in [0, 0.1) is 6.92 Å². The van der Waals surface area contributed by atoms with E-state index in [-0.39, 0.29) is 11.9 Å². The van der Waals surface area contributed by atoms with E-state index in [1.165, 1.54) is 0 Å². The van der Waals surface area contributed by atoms with Crippen molar-refractivity contribution in [2.24, 2.45) is 0 Å². The van der Waals surface area contributed by atoms with Crippen LogP contribution in [0.25, 0.3) is 10.9 Å². The summed E-state index contributed by atoms with van der Waals surface area (Å²) in [5.41, 5.74) is 9.06. The highest BCUT2D eigenvalue weighted by Gasteiger charge is 2.27. The zero-order valence-corrected chi connectivity index (χ0v) is 14.6. The van der Waals surface area contributed by atoms with Crippen molar-refractivity contribution in [2.75, 3.05) is 24.1 Å². The third-order valence-corrected chi connectivity index (χ3v) is 4.81. The summed E-state index contributed by atoms with van der Waals surface area (Å²) < 4.78 is 0. The van der Waals surface area contributed by atoms with E-state index < -0.39 is 0 Å². The third kappa shape index (κ3) is 3.18. The van der Waals surface area contributed by atoms with E-state index in [4.69, 9.17) is 5.73 Å². The summed E-state index contributed by atoms with van der Waals surface area (Å²) >= 11 is 0. The lowest BCUT2D eigenvalue weighted by Gasteiger charge is -2.18. The lowest BCUT2D eigenvalue weighted by Crippen LogP contribution is -2.31. The molecule has 4 rings (SSSR count). The molecular weight excluding hydrogens is 326 g/mol. The number of hydrogen-bond donors (Lipinski definition) is 2. The average molecular weight is 347 g/mol. The van der Waals surface area contributed by atoms with Crippen LogP contribution in [-0.2, 0) is 0 Å². The van der Waals surface area contributed by atoms with Crippen LogP contribution in [0.5, 0.6) is 0 Å². The molecular formula is C20H21N5O. The van der Waals surface area contributed by atoms with Gasteiger partial charge in [-0.15, -0.1) is 0 Å². The number of amides is 1. The molecule has 6 nitrogen and oxygen atoms in total. The summed E-state index contributed by atoms with van der Waals surface area (Å²) in [5.74, 6) is 0.642. The molecule has 0 unspecified atom stereocenters. The molecule has 1 fully saturated rings. The Morgan fingerprint density at radius 2 is 2.12 bits per heavy atom. The molecule has 132 valence electrons. The van der Waals surface area contributed by atoms with Gasteiger partial charge in [0.2, 0.25) is 5.95 Å². The molecule has 0 spiro atoms. The van der Waals surface area contributed by atoms with Crippen molar-refractivity contribution in [3.63, 3.8) is 0 Å². The summed E-state index contributed by atoms with van der Waals surface area (Å²) in [6.07, 6.45) is 2.69. The van der Waals surface area contributed by atoms with Gasteiger partial charge in [0.05, 0.1) is 5.52 Å². The first-order chi connectivity index (χ1) is 12.6. The van der Waals surface area contributed by atoms with Crippen molar-refractivity contribution in [2.45, 2.75) is 19.4 Å². The molecule has 6 heteroatoms. The molecule has 1 atom stereocenters. The molecule has 1 aliphatic rings. The van der Waals surface area contributed by atoms with Gasteiger partial charge < -0.3 is 16.0 Å². The minimum Gasteiger partial charge on any atom is -0.399 e. The minimum atomic E-state index is 0.0387. The molecule has 26 heavy (non-hydrogen) atoms. The van der Waals surface area contributed by atoms with E-state index >= 15 is 0 Å². The Bertz CT molecular complexity index is 971. The molecule has 0 bridgehead atoms. The summed E-state index contributed by atoms with van der Waals surface area (Å²) in [6, 6.07) is 13.5. The van der Waals surface area contributed by atoms with Gasteiger partial charge in [-0.25, -0.2) is 9.97 Å². The Kier molecular flexibility index (Phi) is 4.16. The Morgan fingerprint density at radius 1 is 1.27 bits per heavy atom. The fraction of sp³-hybridized carbons (Fsp3) is 0.250. The number of aromatic nitrogens is 2. The normalized spacial score (nSPS) is 16.8. The third-order valence-electron chi connectivity index (χ3n) is 4.81. The Balaban J connectivity index is 1.44. The maximum Gasteiger partial charge on any atom is 0.253 e. The van der Waals surface area contributed by atoms with Gasteiger partial charge in [-0.1, -0.05) is 18.2 Å². The molecule has 1 aliphatic heterocycles. The Morgan fingerprint density at radius 3 is 2.96 bits per heavy atom. The summed E-state index contributed by atoms with van der Waals surface area (Å²) in [4.78, 5) is 23.5. The summed E-state index contributed by atoms with van der Waals surface area (Å²) in [5, 5.41) is 4.37. The predicted octanol–water partition coefficient (Wildman–Crippen LogP) is 2.85. The van der Waals surface area contributed by atoms with Gasteiger partial charge >= 0.3 is 0 Å². The SMILES string of the molecule is Cc1cc(C(=O)N2CC[C@H](Nc3ncc4ccccc4n3)C2)ccc1N. The second-order valence-corrected chi connectivity index (χ2v) is 6.70. The van der Waals surface area contributed by atoms with Crippen LogP contribution in [0.2, 0.25) is 0 Å². The van der Waals surface area contributed by atoms with E-state index in [0.717, 1.165) is 22.9 Å². The number of hydrogen-bond acceptors (Lipinski definition) is 5. The van der Waals surface area contributed by atoms with Gasteiger partial charge in [0.25, 0.3) is 5.91 Å². The topological polar surface area (TPSA) is 84.1 Å². The summed E-state index contributed by atoms with van der Waals surface area (Å²) in [6.45, 7) is 3.27. The van der Waals surface area contributed by atoms with Gasteiger partial charge in [-0.2, -0.15) is 0 Å². The highest BCUT2D eigenvalue weighted by atomic mass is 16.2. The number of benzene rings is 2. The fourth-order valence-corrected chi connectivity index (χ4v) is 3.28. The van der Waals surface area contributed by atoms with Gasteiger partial charge in [-0.05, 0) is 43.2 Å². The van der Waals surface area contributed by atoms with Gasteiger partial charge in [0.15, 0.2) is 0 Å². The number of anilines is 2. The van der Waals surface area contributed by atoms with Gasteiger partial charge in [0.1, 0.15) is 0 Å². The molecule has 3 aromatic rings. The number of para-hydroxylation sites is 1. The van der Waals surface area contributed by atoms with E-state index in [2.05, 4.69) is 15.3 Å². The van der Waals surface area contributed by atoms with E-state index in [0.29, 0.717) is 30.3 Å². The van der Waals surface area contributed by atoms with Crippen LogP contribution in [-0.4, -0.2) is 39.9 Å². The molecule has 2 heterocycles. The number of carbonyl (C=O) groups is 1. The molecule has 3 N–H and O–H groups in total. The lowest BCUT2D eigenvalue weighted by atomic mass is 10.1. The number of carbonyl (C=O) groups excluding carboxylic acids is 1. The zero-order chi connectivity index (χ0) is 18.1. The van der Waals surface area contributed by atoms with Gasteiger partial charge in [-0.3, -0.25) is 4.79 Å². The molecule has 1 saturated heterocycles. The van der Waals surface area contributed by atoms with Crippen molar-refractivity contribution >= 4 is 28.4 Å². The number of aryl methyl sites for hydroxylation is 1. The largest absolute Gasteiger partial charge is 0.399 e. The average Bonchev–Trinajstić information content (AvgIpc) is 3.12. The number of fused-ring (bicyclic) bond motifs is 1. The van der Waals surface area contributed by atoms with Crippen LogP contribution >= 0.6 is 0 Å².